The van der Waals surface area contributed by atoms with Crippen molar-refractivity contribution in [3.8, 4) is 0 Å². The standard InChI is InChI=1S/C32H31ClN2O4/c1-38-32(37)26-11-9-23(10-12-26)22-39-30(25-13-15-27(33)16-14-25)21-34-17-19-35(20-18-34)31(36)29-8-4-6-24-5-2-3-7-28(24)29/h2-16,30H,17-22H2,1H3/t30-/m0/s1. The van der Waals surface area contributed by atoms with Crippen LogP contribution in [0, 0.1) is 0 Å². The molecule has 4 aromatic carbocycles. The molecule has 0 N–H and O–H groups in total. The summed E-state index contributed by atoms with van der Waals surface area (Å²) in [4.78, 5) is 29.4. The number of halogens is 1. The molecule has 1 fully saturated rings. The molecule has 4 aromatic rings. The highest BCUT2D eigenvalue weighted by Crippen LogP contribution is 2.25. The van der Waals surface area contributed by atoms with Gasteiger partial charge in [0, 0.05) is 43.3 Å². The average molecular weight is 543 g/mol. The van der Waals surface area contributed by atoms with E-state index in [2.05, 4.69) is 4.90 Å². The van der Waals surface area contributed by atoms with E-state index in [1.165, 1.54) is 7.11 Å². The summed E-state index contributed by atoms with van der Waals surface area (Å²) in [5.74, 6) is -0.285. The third kappa shape index (κ3) is 6.48. The minimum Gasteiger partial charge on any atom is -0.465 e. The Bertz CT molecular complexity index is 1430. The van der Waals surface area contributed by atoms with E-state index in [-0.39, 0.29) is 18.0 Å². The number of fused-ring (bicyclic) bond motifs is 1. The number of benzene rings is 4. The average Bonchev–Trinajstić information content (AvgIpc) is 2.99. The van der Waals surface area contributed by atoms with E-state index in [9.17, 15) is 9.59 Å². The SMILES string of the molecule is COC(=O)c1ccc(CO[C@@H](CN2CCN(C(=O)c3cccc4ccccc34)CC2)c2ccc(Cl)cc2)cc1. The lowest BCUT2D eigenvalue weighted by Gasteiger charge is -2.36. The monoisotopic (exact) mass is 542 g/mol. The van der Waals surface area contributed by atoms with Crippen molar-refractivity contribution in [1.82, 2.24) is 9.80 Å². The first-order valence-corrected chi connectivity index (χ1v) is 13.4. The highest BCUT2D eigenvalue weighted by molar-refractivity contribution is 6.30. The molecule has 1 aliphatic heterocycles. The quantitative estimate of drug-likeness (QED) is 0.256. The van der Waals surface area contributed by atoms with Gasteiger partial charge in [-0.05, 0) is 52.2 Å². The van der Waals surface area contributed by atoms with Crippen LogP contribution in [0.15, 0.2) is 91.0 Å². The Labute approximate surface area is 233 Å². The summed E-state index contributed by atoms with van der Waals surface area (Å²) in [6.45, 7) is 3.93. The zero-order valence-electron chi connectivity index (χ0n) is 21.9. The topological polar surface area (TPSA) is 59.1 Å². The van der Waals surface area contributed by atoms with E-state index in [1.54, 1.807) is 12.1 Å². The smallest absolute Gasteiger partial charge is 0.337 e. The van der Waals surface area contributed by atoms with Crippen LogP contribution >= 0.6 is 11.6 Å². The molecule has 7 heteroatoms. The number of nitrogens with zero attached hydrogens (tertiary/aromatic N) is 2. The summed E-state index contributed by atoms with van der Waals surface area (Å²) in [6.07, 6.45) is -0.178. The van der Waals surface area contributed by atoms with Crippen molar-refractivity contribution in [2.75, 3.05) is 39.8 Å². The van der Waals surface area contributed by atoms with Gasteiger partial charge in [-0.15, -0.1) is 0 Å². The molecule has 0 aromatic heterocycles. The summed E-state index contributed by atoms with van der Waals surface area (Å²) in [5, 5.41) is 2.74. The van der Waals surface area contributed by atoms with Crippen molar-refractivity contribution in [2.45, 2.75) is 12.7 Å². The maximum absolute atomic E-state index is 13.4. The molecule has 1 aliphatic rings. The second-order valence-electron chi connectivity index (χ2n) is 9.66. The molecular weight excluding hydrogens is 512 g/mol. The van der Waals surface area contributed by atoms with Gasteiger partial charge in [0.05, 0.1) is 25.4 Å². The number of amides is 1. The fourth-order valence-electron chi connectivity index (χ4n) is 4.93. The number of rotatable bonds is 8. The van der Waals surface area contributed by atoms with E-state index < -0.39 is 0 Å². The fraction of sp³-hybridized carbons (Fsp3) is 0.250. The van der Waals surface area contributed by atoms with E-state index in [0.29, 0.717) is 36.8 Å². The van der Waals surface area contributed by atoms with Gasteiger partial charge in [0.25, 0.3) is 5.91 Å². The minimum atomic E-state index is -0.361. The summed E-state index contributed by atoms with van der Waals surface area (Å²) in [7, 11) is 1.37. The number of carbonyl (C=O) groups excluding carboxylic acids is 2. The van der Waals surface area contributed by atoms with Gasteiger partial charge in [-0.3, -0.25) is 9.69 Å². The number of hydrogen-bond acceptors (Lipinski definition) is 5. The van der Waals surface area contributed by atoms with Crippen LogP contribution < -0.4 is 0 Å². The molecule has 5 rings (SSSR count). The van der Waals surface area contributed by atoms with Crippen molar-refractivity contribution in [2.24, 2.45) is 0 Å². The van der Waals surface area contributed by atoms with Crippen LogP contribution in [0.2, 0.25) is 5.02 Å². The van der Waals surface area contributed by atoms with Crippen LogP contribution in [0.25, 0.3) is 10.8 Å². The van der Waals surface area contributed by atoms with Gasteiger partial charge in [0.15, 0.2) is 0 Å². The second kappa shape index (κ2) is 12.4. The molecular formula is C32H31ClN2O4. The molecule has 0 radical (unpaired) electrons. The Morgan fingerprint density at radius 3 is 2.26 bits per heavy atom. The first-order valence-electron chi connectivity index (χ1n) is 13.1. The van der Waals surface area contributed by atoms with Gasteiger partial charge in [0.2, 0.25) is 0 Å². The Morgan fingerprint density at radius 1 is 0.846 bits per heavy atom. The molecule has 0 unspecified atom stereocenters. The number of methoxy groups -OCH3 is 1. The number of piperazine rings is 1. The van der Waals surface area contributed by atoms with Crippen molar-refractivity contribution >= 4 is 34.2 Å². The van der Waals surface area contributed by atoms with Gasteiger partial charge >= 0.3 is 5.97 Å². The predicted octanol–water partition coefficient (Wildman–Crippen LogP) is 6.00. The summed E-state index contributed by atoms with van der Waals surface area (Å²) in [6, 6.07) is 28.9. The van der Waals surface area contributed by atoms with Gasteiger partial charge in [-0.2, -0.15) is 0 Å². The largest absolute Gasteiger partial charge is 0.465 e. The first-order chi connectivity index (χ1) is 19.0. The van der Waals surface area contributed by atoms with E-state index in [4.69, 9.17) is 21.1 Å². The molecule has 1 saturated heterocycles. The molecule has 6 nitrogen and oxygen atoms in total. The maximum Gasteiger partial charge on any atom is 0.337 e. The summed E-state index contributed by atoms with van der Waals surface area (Å²) in [5.41, 5.74) is 3.26. The van der Waals surface area contributed by atoms with Crippen LogP contribution in [-0.4, -0.2) is 61.5 Å². The zero-order valence-corrected chi connectivity index (χ0v) is 22.6. The summed E-state index contributed by atoms with van der Waals surface area (Å²) < 4.78 is 11.2. The van der Waals surface area contributed by atoms with Gasteiger partial charge in [-0.1, -0.05) is 72.3 Å². The first kappa shape index (κ1) is 26.9. The summed E-state index contributed by atoms with van der Waals surface area (Å²) >= 11 is 6.14. The van der Waals surface area contributed by atoms with Gasteiger partial charge in [0.1, 0.15) is 0 Å². The third-order valence-corrected chi connectivity index (χ3v) is 7.42. The Balaban J connectivity index is 1.23. The minimum absolute atomic E-state index is 0.0763. The lowest BCUT2D eigenvalue weighted by atomic mass is 10.0. The fourth-order valence-corrected chi connectivity index (χ4v) is 5.06. The zero-order chi connectivity index (χ0) is 27.2. The molecule has 1 atom stereocenters. The van der Waals surface area contributed by atoms with Gasteiger partial charge in [-0.25, -0.2) is 4.79 Å². The van der Waals surface area contributed by atoms with Crippen LogP contribution in [0.3, 0.4) is 0 Å². The number of hydrogen-bond donors (Lipinski definition) is 0. The van der Waals surface area contributed by atoms with E-state index in [0.717, 1.165) is 40.6 Å². The number of carbonyl (C=O) groups is 2. The Hall–Kier alpha value is -3.71. The molecule has 1 amide bonds. The lowest BCUT2D eigenvalue weighted by molar-refractivity contribution is 0.00343. The van der Waals surface area contributed by atoms with E-state index >= 15 is 0 Å². The molecule has 1 heterocycles. The van der Waals surface area contributed by atoms with Crippen LogP contribution in [0.4, 0.5) is 0 Å². The Morgan fingerprint density at radius 2 is 1.54 bits per heavy atom. The normalized spacial score (nSPS) is 14.8. The molecule has 0 bridgehead atoms. The highest BCUT2D eigenvalue weighted by Gasteiger charge is 2.25. The van der Waals surface area contributed by atoms with Crippen LogP contribution in [-0.2, 0) is 16.1 Å². The molecule has 39 heavy (non-hydrogen) atoms. The van der Waals surface area contributed by atoms with E-state index in [1.807, 2.05) is 83.8 Å². The van der Waals surface area contributed by atoms with Crippen LogP contribution in [0.5, 0.6) is 0 Å². The van der Waals surface area contributed by atoms with Crippen molar-refractivity contribution in [3.05, 3.63) is 118 Å². The van der Waals surface area contributed by atoms with Crippen molar-refractivity contribution in [3.63, 3.8) is 0 Å². The van der Waals surface area contributed by atoms with Crippen molar-refractivity contribution < 1.29 is 19.1 Å². The van der Waals surface area contributed by atoms with Crippen LogP contribution in [0.1, 0.15) is 37.9 Å². The number of ether oxygens (including phenoxy) is 2. The highest BCUT2D eigenvalue weighted by atomic mass is 35.5. The third-order valence-electron chi connectivity index (χ3n) is 7.17. The Kier molecular flexibility index (Phi) is 8.57. The molecule has 200 valence electrons. The molecule has 0 spiro atoms. The number of esters is 1. The predicted molar refractivity (Wildman–Crippen MR) is 153 cm³/mol. The van der Waals surface area contributed by atoms with Crippen molar-refractivity contribution in [1.29, 1.82) is 0 Å². The molecule has 0 saturated carbocycles. The lowest BCUT2D eigenvalue weighted by Crippen LogP contribution is -2.49. The van der Waals surface area contributed by atoms with Gasteiger partial charge < -0.3 is 14.4 Å². The second-order valence-corrected chi connectivity index (χ2v) is 10.1. The molecule has 0 aliphatic carbocycles. The maximum atomic E-state index is 13.4.